The van der Waals surface area contributed by atoms with Gasteiger partial charge in [-0.2, -0.15) is 0 Å². The molecule has 0 amide bonds. The van der Waals surface area contributed by atoms with Crippen LogP contribution in [0.1, 0.15) is 34.6 Å². The van der Waals surface area contributed by atoms with E-state index in [2.05, 4.69) is 20.0 Å². The van der Waals surface area contributed by atoms with Crippen molar-refractivity contribution in [2.24, 2.45) is 0 Å². The number of benzene rings is 1. The molecule has 3 rings (SSSR count). The summed E-state index contributed by atoms with van der Waals surface area (Å²) in [6.07, 6.45) is 1.94. The number of pyridine rings is 2. The fraction of sp³-hybridized carbons (Fsp3) is 0.250. The summed E-state index contributed by atoms with van der Waals surface area (Å²) in [4.78, 5) is 30.2. The number of hydrogen-bond acceptors (Lipinski definition) is 8. The number of esters is 2. The number of aromatic nitrogens is 2. The van der Waals surface area contributed by atoms with Crippen molar-refractivity contribution in [1.82, 2.24) is 9.97 Å². The summed E-state index contributed by atoms with van der Waals surface area (Å²) in [7, 11) is 0. The number of hydrogen-bond donors (Lipinski definition) is 1. The van der Waals surface area contributed by atoms with Gasteiger partial charge in [0.2, 0.25) is 0 Å². The lowest BCUT2D eigenvalue weighted by Gasteiger charge is -2.11. The minimum atomic E-state index is -0.667. The first-order valence-corrected chi connectivity index (χ1v) is 11.1. The number of carbonyl (C=O) groups excluding carboxylic acids is 2. The number of anilines is 1. The molecule has 0 spiro atoms. The van der Waals surface area contributed by atoms with Crippen molar-refractivity contribution in [2.45, 2.75) is 13.8 Å². The van der Waals surface area contributed by atoms with Crippen LogP contribution < -0.4 is 10.1 Å². The van der Waals surface area contributed by atoms with Crippen molar-refractivity contribution in [2.75, 3.05) is 31.7 Å². The molecule has 1 aromatic carbocycles. The van der Waals surface area contributed by atoms with Crippen LogP contribution in [-0.4, -0.2) is 48.3 Å². The van der Waals surface area contributed by atoms with E-state index >= 15 is 0 Å². The minimum Gasteiger partial charge on any atom is -0.492 e. The summed E-state index contributed by atoms with van der Waals surface area (Å²) in [5, 5.41) is 2.83. The highest BCUT2D eigenvalue weighted by Gasteiger charge is 2.15. The smallest absolute Gasteiger partial charge is 0.341 e. The van der Waals surface area contributed by atoms with Crippen molar-refractivity contribution in [3.63, 3.8) is 0 Å². The third kappa shape index (κ3) is 9.06. The molecule has 192 valence electrons. The van der Waals surface area contributed by atoms with Crippen LogP contribution in [-0.2, 0) is 9.47 Å². The zero-order valence-electron chi connectivity index (χ0n) is 19.4. The van der Waals surface area contributed by atoms with Gasteiger partial charge in [-0.3, -0.25) is 0 Å². The Morgan fingerprint density at radius 2 is 1.42 bits per heavy atom. The van der Waals surface area contributed by atoms with Crippen molar-refractivity contribution < 1.29 is 37.0 Å². The SMILES string of the molecule is CCOC(=O)c1cc(F)cnc1Cl.CCOC(=O)c1cc(F)cnc1NCCOc1ccc(F)cc1. The Morgan fingerprint density at radius 3 is 2.03 bits per heavy atom. The van der Waals surface area contributed by atoms with E-state index in [1.54, 1.807) is 13.8 Å². The van der Waals surface area contributed by atoms with Gasteiger partial charge in [-0.25, -0.2) is 32.7 Å². The van der Waals surface area contributed by atoms with Crippen molar-refractivity contribution in [1.29, 1.82) is 0 Å². The normalized spacial score (nSPS) is 10.1. The monoisotopic (exact) mass is 525 g/mol. The third-order valence-corrected chi connectivity index (χ3v) is 4.43. The van der Waals surface area contributed by atoms with Gasteiger partial charge >= 0.3 is 11.9 Å². The van der Waals surface area contributed by atoms with Crippen LogP contribution >= 0.6 is 11.6 Å². The first-order valence-electron chi connectivity index (χ1n) is 10.7. The zero-order valence-corrected chi connectivity index (χ0v) is 20.2. The van der Waals surface area contributed by atoms with Crippen LogP contribution in [0.2, 0.25) is 5.15 Å². The predicted molar refractivity (Wildman–Crippen MR) is 126 cm³/mol. The maximum Gasteiger partial charge on any atom is 0.341 e. The number of halogens is 4. The lowest BCUT2D eigenvalue weighted by molar-refractivity contribution is 0.0516. The largest absolute Gasteiger partial charge is 0.492 e. The first-order chi connectivity index (χ1) is 17.2. The molecule has 0 aliphatic carbocycles. The van der Waals surface area contributed by atoms with E-state index in [-0.39, 0.29) is 47.7 Å². The molecule has 36 heavy (non-hydrogen) atoms. The summed E-state index contributed by atoms with van der Waals surface area (Å²) >= 11 is 5.55. The maximum atomic E-state index is 13.2. The molecule has 2 aromatic heterocycles. The fourth-order valence-electron chi connectivity index (χ4n) is 2.59. The molecule has 2 heterocycles. The molecule has 8 nitrogen and oxygen atoms in total. The van der Waals surface area contributed by atoms with Crippen molar-refractivity contribution in [3.05, 3.63) is 82.5 Å². The molecule has 0 unspecified atom stereocenters. The molecular weight excluding hydrogens is 503 g/mol. The summed E-state index contributed by atoms with van der Waals surface area (Å²) in [6.45, 7) is 4.29. The lowest BCUT2D eigenvalue weighted by Crippen LogP contribution is -2.16. The topological polar surface area (TPSA) is 99.6 Å². The predicted octanol–water partition coefficient (Wildman–Crippen LogP) is 5.08. The summed E-state index contributed by atoms with van der Waals surface area (Å²) in [6, 6.07) is 7.67. The van der Waals surface area contributed by atoms with Gasteiger partial charge in [0.05, 0.1) is 37.7 Å². The second-order valence-electron chi connectivity index (χ2n) is 6.71. The van der Waals surface area contributed by atoms with Gasteiger partial charge in [0, 0.05) is 0 Å². The average molecular weight is 526 g/mol. The van der Waals surface area contributed by atoms with Gasteiger partial charge in [0.15, 0.2) is 0 Å². The molecule has 12 heteroatoms. The molecule has 0 atom stereocenters. The van der Waals surface area contributed by atoms with Gasteiger partial charge in [-0.05, 0) is 50.2 Å². The highest BCUT2D eigenvalue weighted by molar-refractivity contribution is 6.32. The average Bonchev–Trinajstić information content (AvgIpc) is 2.86. The van der Waals surface area contributed by atoms with Crippen molar-refractivity contribution >= 4 is 29.4 Å². The molecule has 1 N–H and O–H groups in total. The highest BCUT2D eigenvalue weighted by atomic mass is 35.5. The Bertz CT molecular complexity index is 1170. The van der Waals surface area contributed by atoms with Crippen LogP contribution in [0, 0.1) is 17.5 Å². The Balaban J connectivity index is 0.000000297. The number of nitrogens with zero attached hydrogens (tertiary/aromatic N) is 2. The number of ether oxygens (including phenoxy) is 3. The lowest BCUT2D eigenvalue weighted by atomic mass is 10.2. The third-order valence-electron chi connectivity index (χ3n) is 4.13. The van der Waals surface area contributed by atoms with Crippen LogP contribution in [0.15, 0.2) is 48.8 Å². The van der Waals surface area contributed by atoms with Gasteiger partial charge in [0.1, 0.15) is 46.3 Å². The van der Waals surface area contributed by atoms with Crippen LogP contribution in [0.4, 0.5) is 19.0 Å². The van der Waals surface area contributed by atoms with Crippen LogP contribution in [0.25, 0.3) is 0 Å². The molecule has 0 radical (unpaired) electrons. The van der Waals surface area contributed by atoms with E-state index in [0.717, 1.165) is 24.5 Å². The van der Waals surface area contributed by atoms with Gasteiger partial charge in [-0.1, -0.05) is 11.6 Å². The number of nitrogens with one attached hydrogen (secondary N) is 1. The molecule has 0 saturated carbocycles. The first kappa shape index (κ1) is 28.4. The van der Waals surface area contributed by atoms with Crippen LogP contribution in [0.3, 0.4) is 0 Å². The molecule has 0 aliphatic heterocycles. The zero-order chi connectivity index (χ0) is 26.5. The number of carbonyl (C=O) groups is 2. The summed E-state index contributed by atoms with van der Waals surface area (Å²) < 4.78 is 53.5. The van der Waals surface area contributed by atoms with E-state index < -0.39 is 23.6 Å². The van der Waals surface area contributed by atoms with Crippen LogP contribution in [0.5, 0.6) is 5.75 Å². The molecule has 0 saturated heterocycles. The summed E-state index contributed by atoms with van der Waals surface area (Å²) in [5.74, 6) is -2.17. The summed E-state index contributed by atoms with van der Waals surface area (Å²) in [5.41, 5.74) is -0.0304. The van der Waals surface area contributed by atoms with Gasteiger partial charge in [0.25, 0.3) is 0 Å². The van der Waals surface area contributed by atoms with E-state index in [1.807, 2.05) is 0 Å². The van der Waals surface area contributed by atoms with E-state index in [1.165, 1.54) is 24.3 Å². The molecule has 0 bridgehead atoms. The Kier molecular flexibility index (Phi) is 11.4. The molecule has 0 fully saturated rings. The second kappa shape index (κ2) is 14.5. The quantitative estimate of drug-likeness (QED) is 0.235. The maximum absolute atomic E-state index is 13.2. The Labute approximate surface area is 210 Å². The Morgan fingerprint density at radius 1 is 0.861 bits per heavy atom. The van der Waals surface area contributed by atoms with Crippen molar-refractivity contribution in [3.8, 4) is 5.75 Å². The minimum absolute atomic E-state index is 0.0219. The molecule has 0 aliphatic rings. The molecule has 3 aromatic rings. The van der Waals surface area contributed by atoms with Gasteiger partial charge in [-0.15, -0.1) is 0 Å². The fourth-order valence-corrected chi connectivity index (χ4v) is 2.77. The number of rotatable bonds is 9. The van der Waals surface area contributed by atoms with E-state index in [0.29, 0.717) is 12.3 Å². The second-order valence-corrected chi connectivity index (χ2v) is 7.07. The highest BCUT2D eigenvalue weighted by Crippen LogP contribution is 2.16. The standard InChI is InChI=1S/C16H16F2N2O3.C8H7ClFNO2/c1-2-22-16(21)14-9-12(18)10-20-15(14)19-7-8-23-13-5-3-11(17)4-6-13;1-2-13-8(12)6-3-5(10)4-11-7(6)9/h3-6,9-10H,2,7-8H2,1H3,(H,19,20);3-4H,2H2,1H3. The van der Waals surface area contributed by atoms with E-state index in [4.69, 9.17) is 21.1 Å². The molecular formula is C24H23ClF3N3O5. The van der Waals surface area contributed by atoms with E-state index in [9.17, 15) is 22.8 Å². The Hall–Kier alpha value is -3.86. The van der Waals surface area contributed by atoms with Gasteiger partial charge < -0.3 is 19.5 Å².